The molecule has 0 spiro atoms. The van der Waals surface area contributed by atoms with Crippen molar-refractivity contribution in [1.82, 2.24) is 0 Å². The minimum absolute atomic E-state index is 0.192. The third kappa shape index (κ3) is 2.56. The number of hydrogen-bond donors (Lipinski definition) is 1. The number of ether oxygens (including phenoxy) is 3. The van der Waals surface area contributed by atoms with Crippen molar-refractivity contribution in [2.45, 2.75) is 83.7 Å². The normalized spacial score (nSPS) is 43.4. The maximum Gasteiger partial charge on any atom is 0.314 e. The van der Waals surface area contributed by atoms with Gasteiger partial charge in [-0.15, -0.1) is 0 Å². The minimum atomic E-state index is -1.35. The standard InChI is InChI=1S/C24H30O8/c1-11(25)30-17-9-22(3,4)24(28)10-16-19-14(23(24,5)20(17)31-12(2)26)8-15-13(6-7-29-15)18(19)21(27)32-16/h6-7,14,16-20,28H,8-10H2,1-5H3. The lowest BCUT2D eigenvalue weighted by Gasteiger charge is -2.68. The van der Waals surface area contributed by atoms with E-state index in [9.17, 15) is 19.5 Å². The van der Waals surface area contributed by atoms with Crippen LogP contribution in [0.1, 0.15) is 64.7 Å². The van der Waals surface area contributed by atoms with Crippen molar-refractivity contribution in [1.29, 1.82) is 0 Å². The Labute approximate surface area is 186 Å². The number of furan rings is 1. The first-order valence-electron chi connectivity index (χ1n) is 11.2. The van der Waals surface area contributed by atoms with Gasteiger partial charge in [-0.1, -0.05) is 20.8 Å². The smallest absolute Gasteiger partial charge is 0.314 e. The molecule has 0 aromatic carbocycles. The van der Waals surface area contributed by atoms with Crippen LogP contribution in [-0.2, 0) is 35.0 Å². The highest BCUT2D eigenvalue weighted by Gasteiger charge is 2.76. The van der Waals surface area contributed by atoms with Crippen molar-refractivity contribution in [3.05, 3.63) is 23.7 Å². The molecule has 0 bridgehead atoms. The summed E-state index contributed by atoms with van der Waals surface area (Å²) in [6.45, 7) is 8.41. The third-order valence-corrected chi connectivity index (χ3v) is 8.85. The monoisotopic (exact) mass is 446 g/mol. The fraction of sp³-hybridized carbons (Fsp3) is 0.708. The van der Waals surface area contributed by atoms with Gasteiger partial charge in [0.2, 0.25) is 0 Å². The van der Waals surface area contributed by atoms with E-state index in [1.807, 2.05) is 26.8 Å². The number of hydrogen-bond acceptors (Lipinski definition) is 8. The Hall–Kier alpha value is -2.35. The van der Waals surface area contributed by atoms with Gasteiger partial charge < -0.3 is 23.7 Å². The number of carbonyl (C=O) groups is 3. The van der Waals surface area contributed by atoms with E-state index in [-0.39, 0.29) is 24.2 Å². The summed E-state index contributed by atoms with van der Waals surface area (Å²) < 4.78 is 23.1. The highest BCUT2D eigenvalue weighted by molar-refractivity contribution is 5.82. The van der Waals surface area contributed by atoms with Gasteiger partial charge in [0.05, 0.1) is 17.8 Å². The van der Waals surface area contributed by atoms with E-state index in [2.05, 4.69) is 0 Å². The minimum Gasteiger partial charge on any atom is -0.469 e. The van der Waals surface area contributed by atoms with Crippen molar-refractivity contribution in [2.24, 2.45) is 22.7 Å². The topological polar surface area (TPSA) is 112 Å². The first kappa shape index (κ1) is 21.5. The zero-order valence-electron chi connectivity index (χ0n) is 19.0. The lowest BCUT2D eigenvalue weighted by atomic mass is 9.40. The van der Waals surface area contributed by atoms with E-state index in [1.54, 1.807) is 6.26 Å². The van der Waals surface area contributed by atoms with Crippen molar-refractivity contribution >= 4 is 17.9 Å². The summed E-state index contributed by atoms with van der Waals surface area (Å²) in [5, 5.41) is 12.4. The van der Waals surface area contributed by atoms with Crippen LogP contribution in [0.4, 0.5) is 0 Å². The van der Waals surface area contributed by atoms with Crippen molar-refractivity contribution in [3.8, 4) is 0 Å². The molecule has 2 saturated carbocycles. The van der Waals surface area contributed by atoms with Crippen LogP contribution in [-0.4, -0.2) is 46.9 Å². The molecule has 8 unspecified atom stereocenters. The molecule has 2 heterocycles. The summed E-state index contributed by atoms with van der Waals surface area (Å²) in [7, 11) is 0. The van der Waals surface area contributed by atoms with Crippen LogP contribution >= 0.6 is 0 Å². The Morgan fingerprint density at radius 2 is 1.81 bits per heavy atom. The summed E-state index contributed by atoms with van der Waals surface area (Å²) in [4.78, 5) is 37.1. The Morgan fingerprint density at radius 1 is 1.12 bits per heavy atom. The van der Waals surface area contributed by atoms with Gasteiger partial charge >= 0.3 is 17.9 Å². The van der Waals surface area contributed by atoms with Gasteiger partial charge in [-0.2, -0.15) is 0 Å². The molecule has 1 aromatic rings. The van der Waals surface area contributed by atoms with Crippen molar-refractivity contribution in [2.75, 3.05) is 0 Å². The molecule has 1 aliphatic heterocycles. The van der Waals surface area contributed by atoms with Crippen molar-refractivity contribution in [3.63, 3.8) is 0 Å². The molecule has 8 atom stereocenters. The Kier molecular flexibility index (Phi) is 4.43. The summed E-state index contributed by atoms with van der Waals surface area (Å²) in [6, 6.07) is 1.82. The Bertz CT molecular complexity index is 994. The highest BCUT2D eigenvalue weighted by Crippen LogP contribution is 2.69. The molecule has 8 nitrogen and oxygen atoms in total. The van der Waals surface area contributed by atoms with Crippen LogP contribution in [0.2, 0.25) is 0 Å². The van der Waals surface area contributed by atoms with Gasteiger partial charge in [0.1, 0.15) is 24.1 Å². The van der Waals surface area contributed by atoms with Gasteiger partial charge in [-0.25, -0.2) is 0 Å². The first-order chi connectivity index (χ1) is 14.9. The van der Waals surface area contributed by atoms with E-state index >= 15 is 0 Å². The fourth-order valence-corrected chi connectivity index (χ4v) is 7.55. The summed E-state index contributed by atoms with van der Waals surface area (Å²) in [6.07, 6.45) is 0.551. The summed E-state index contributed by atoms with van der Waals surface area (Å²) in [5.74, 6) is -1.57. The molecule has 174 valence electrons. The van der Waals surface area contributed by atoms with Crippen LogP contribution in [0.5, 0.6) is 0 Å². The predicted molar refractivity (Wildman–Crippen MR) is 109 cm³/mol. The molecule has 4 aliphatic rings. The molecule has 5 rings (SSSR count). The van der Waals surface area contributed by atoms with E-state index < -0.39 is 52.6 Å². The molecule has 3 aliphatic carbocycles. The molecular weight excluding hydrogens is 416 g/mol. The SMILES string of the molecule is CC(=O)OC1CC(C)(C)C2(O)CC3OC(=O)C4c5ccoc5CC(C34)C2(C)C1OC(C)=O. The largest absolute Gasteiger partial charge is 0.469 e. The number of carbonyl (C=O) groups excluding carboxylic acids is 3. The van der Waals surface area contributed by atoms with Gasteiger partial charge in [-0.3, -0.25) is 14.4 Å². The third-order valence-electron chi connectivity index (χ3n) is 8.85. The fourth-order valence-electron chi connectivity index (χ4n) is 7.55. The van der Waals surface area contributed by atoms with Gasteiger partial charge in [-0.05, 0) is 23.8 Å². The number of esters is 3. The second kappa shape index (κ2) is 6.59. The van der Waals surface area contributed by atoms with Gasteiger partial charge in [0, 0.05) is 43.6 Å². The Morgan fingerprint density at radius 3 is 2.47 bits per heavy atom. The van der Waals surface area contributed by atoms with Crippen LogP contribution in [0.3, 0.4) is 0 Å². The van der Waals surface area contributed by atoms with E-state index in [0.29, 0.717) is 18.6 Å². The van der Waals surface area contributed by atoms with E-state index in [0.717, 1.165) is 5.56 Å². The maximum atomic E-state index is 13.0. The van der Waals surface area contributed by atoms with Crippen LogP contribution < -0.4 is 0 Å². The van der Waals surface area contributed by atoms with Crippen LogP contribution in [0, 0.1) is 22.7 Å². The Balaban J connectivity index is 1.71. The molecular formula is C24H30O8. The molecule has 32 heavy (non-hydrogen) atoms. The quantitative estimate of drug-likeness (QED) is 0.545. The second-order valence-electron chi connectivity index (χ2n) is 10.8. The average molecular weight is 446 g/mol. The van der Waals surface area contributed by atoms with Crippen molar-refractivity contribution < 1.29 is 38.1 Å². The molecule has 3 fully saturated rings. The summed E-state index contributed by atoms with van der Waals surface area (Å²) in [5.41, 5.74) is -2.24. The van der Waals surface area contributed by atoms with Crippen LogP contribution in [0.25, 0.3) is 0 Å². The molecule has 1 aromatic heterocycles. The van der Waals surface area contributed by atoms with E-state index in [1.165, 1.54) is 13.8 Å². The second-order valence-corrected chi connectivity index (χ2v) is 10.8. The zero-order chi connectivity index (χ0) is 23.2. The number of fused-ring (bicyclic) bond motifs is 4. The molecule has 8 heteroatoms. The zero-order valence-corrected chi connectivity index (χ0v) is 19.0. The molecule has 0 amide bonds. The molecule has 1 N–H and O–H groups in total. The lowest BCUT2D eigenvalue weighted by molar-refractivity contribution is -0.311. The molecule has 0 radical (unpaired) electrons. The highest BCUT2D eigenvalue weighted by atomic mass is 16.6. The lowest BCUT2D eigenvalue weighted by Crippen LogP contribution is -2.76. The van der Waals surface area contributed by atoms with Crippen LogP contribution in [0.15, 0.2) is 16.7 Å². The van der Waals surface area contributed by atoms with E-state index in [4.69, 9.17) is 18.6 Å². The predicted octanol–water partition coefficient (Wildman–Crippen LogP) is 2.51. The average Bonchev–Trinajstić information content (AvgIpc) is 3.26. The number of aliphatic hydroxyl groups is 1. The van der Waals surface area contributed by atoms with Gasteiger partial charge in [0.25, 0.3) is 0 Å². The summed E-state index contributed by atoms with van der Waals surface area (Å²) >= 11 is 0. The number of rotatable bonds is 2. The maximum absolute atomic E-state index is 13.0. The first-order valence-corrected chi connectivity index (χ1v) is 11.2. The molecule has 1 saturated heterocycles. The van der Waals surface area contributed by atoms with Gasteiger partial charge in [0.15, 0.2) is 0 Å².